The van der Waals surface area contributed by atoms with Gasteiger partial charge in [-0.25, -0.2) is 4.39 Å². The summed E-state index contributed by atoms with van der Waals surface area (Å²) in [6.07, 6.45) is 0. The summed E-state index contributed by atoms with van der Waals surface area (Å²) in [6.45, 7) is 1.17. The molecule has 1 unspecified atom stereocenters. The van der Waals surface area contributed by atoms with Gasteiger partial charge in [0.2, 0.25) is 5.91 Å². The minimum absolute atomic E-state index is 0.132. The fourth-order valence-electron chi connectivity index (χ4n) is 2.50. The summed E-state index contributed by atoms with van der Waals surface area (Å²) in [7, 11) is 0. The molecule has 2 aromatic rings. The van der Waals surface area contributed by atoms with Crippen LogP contribution >= 0.6 is 0 Å². The van der Waals surface area contributed by atoms with Gasteiger partial charge in [-0.15, -0.1) is 0 Å². The number of carbonyl (C=O) groups is 1. The van der Waals surface area contributed by atoms with Crippen molar-refractivity contribution in [2.24, 2.45) is 5.73 Å². The van der Waals surface area contributed by atoms with Gasteiger partial charge in [-0.05, 0) is 28.8 Å². The van der Waals surface area contributed by atoms with Crippen molar-refractivity contribution >= 4 is 5.91 Å². The van der Waals surface area contributed by atoms with E-state index in [0.29, 0.717) is 18.7 Å². The Kier molecular flexibility index (Phi) is 3.24. The van der Waals surface area contributed by atoms with Gasteiger partial charge < -0.3 is 10.6 Å². The molecule has 0 radical (unpaired) electrons. The summed E-state index contributed by atoms with van der Waals surface area (Å²) < 4.78 is 12.9. The molecule has 4 heteroatoms. The Morgan fingerprint density at radius 3 is 2.15 bits per heavy atom. The molecule has 0 bridgehead atoms. The Bertz CT molecular complexity index is 614. The van der Waals surface area contributed by atoms with Gasteiger partial charge in [0.25, 0.3) is 0 Å². The first-order valence-corrected chi connectivity index (χ1v) is 6.52. The molecule has 102 valence electrons. The minimum atomic E-state index is -0.745. The number of benzene rings is 2. The molecule has 0 aromatic heterocycles. The first-order valence-electron chi connectivity index (χ1n) is 6.52. The number of hydrogen-bond acceptors (Lipinski definition) is 2. The molecule has 2 N–H and O–H groups in total. The second kappa shape index (κ2) is 5.06. The number of nitrogens with zero attached hydrogens (tertiary/aromatic N) is 1. The van der Waals surface area contributed by atoms with Crippen molar-refractivity contribution in [2.75, 3.05) is 0 Å². The van der Waals surface area contributed by atoms with E-state index in [2.05, 4.69) is 0 Å². The van der Waals surface area contributed by atoms with E-state index in [0.717, 1.165) is 11.1 Å². The van der Waals surface area contributed by atoms with E-state index in [1.807, 2.05) is 24.3 Å². The van der Waals surface area contributed by atoms with Crippen molar-refractivity contribution in [3.05, 3.63) is 71.0 Å². The fraction of sp³-hybridized carbons (Fsp3) is 0.188. The van der Waals surface area contributed by atoms with Crippen LogP contribution in [0.3, 0.4) is 0 Å². The number of rotatable bonds is 2. The van der Waals surface area contributed by atoms with E-state index in [-0.39, 0.29) is 11.7 Å². The Balaban J connectivity index is 1.76. The number of carbonyl (C=O) groups excluding carboxylic acids is 1. The Labute approximate surface area is 116 Å². The highest BCUT2D eigenvalue weighted by molar-refractivity contribution is 5.83. The zero-order chi connectivity index (χ0) is 14.1. The first-order chi connectivity index (χ1) is 9.65. The highest BCUT2D eigenvalue weighted by Crippen LogP contribution is 2.25. The average Bonchev–Trinajstić information content (AvgIpc) is 2.90. The third-order valence-electron chi connectivity index (χ3n) is 3.65. The summed E-state index contributed by atoms with van der Waals surface area (Å²) >= 11 is 0. The third kappa shape index (κ3) is 2.30. The molecule has 1 heterocycles. The molecule has 0 fully saturated rings. The van der Waals surface area contributed by atoms with E-state index in [1.54, 1.807) is 17.0 Å². The lowest BCUT2D eigenvalue weighted by atomic mass is 10.1. The highest BCUT2D eigenvalue weighted by Gasteiger charge is 2.27. The maximum Gasteiger partial charge on any atom is 0.244 e. The predicted octanol–water partition coefficient (Wildman–Crippen LogP) is 2.37. The van der Waals surface area contributed by atoms with Crippen molar-refractivity contribution in [1.82, 2.24) is 4.90 Å². The molecule has 20 heavy (non-hydrogen) atoms. The topological polar surface area (TPSA) is 46.3 Å². The molecule has 1 aliphatic rings. The molecule has 0 saturated heterocycles. The van der Waals surface area contributed by atoms with Crippen LogP contribution in [0.2, 0.25) is 0 Å². The highest BCUT2D eigenvalue weighted by atomic mass is 19.1. The Morgan fingerprint density at radius 1 is 1.05 bits per heavy atom. The minimum Gasteiger partial charge on any atom is -0.332 e. The van der Waals surface area contributed by atoms with Crippen LogP contribution in [-0.2, 0) is 17.9 Å². The zero-order valence-electron chi connectivity index (χ0n) is 10.9. The van der Waals surface area contributed by atoms with Crippen molar-refractivity contribution in [3.8, 4) is 0 Å². The van der Waals surface area contributed by atoms with Crippen LogP contribution in [0.1, 0.15) is 22.7 Å². The van der Waals surface area contributed by atoms with Crippen LogP contribution in [0.25, 0.3) is 0 Å². The van der Waals surface area contributed by atoms with Gasteiger partial charge in [-0.2, -0.15) is 0 Å². The van der Waals surface area contributed by atoms with Crippen LogP contribution in [0.5, 0.6) is 0 Å². The first kappa shape index (κ1) is 12.8. The maximum absolute atomic E-state index is 12.9. The average molecular weight is 270 g/mol. The van der Waals surface area contributed by atoms with Gasteiger partial charge in [0, 0.05) is 13.1 Å². The zero-order valence-corrected chi connectivity index (χ0v) is 10.9. The molecule has 1 atom stereocenters. The van der Waals surface area contributed by atoms with Crippen LogP contribution in [0.15, 0.2) is 48.5 Å². The molecule has 2 aromatic carbocycles. The van der Waals surface area contributed by atoms with Crippen molar-refractivity contribution in [3.63, 3.8) is 0 Å². The smallest absolute Gasteiger partial charge is 0.244 e. The quantitative estimate of drug-likeness (QED) is 0.910. The van der Waals surface area contributed by atoms with Crippen molar-refractivity contribution in [2.45, 2.75) is 19.1 Å². The molecule has 0 aliphatic carbocycles. The molecule has 1 amide bonds. The molecule has 3 rings (SSSR count). The van der Waals surface area contributed by atoms with Crippen molar-refractivity contribution in [1.29, 1.82) is 0 Å². The van der Waals surface area contributed by atoms with Crippen LogP contribution in [0, 0.1) is 5.82 Å². The number of fused-ring (bicyclic) bond motifs is 1. The fourth-order valence-corrected chi connectivity index (χ4v) is 2.50. The second-order valence-electron chi connectivity index (χ2n) is 4.99. The number of halogens is 1. The summed E-state index contributed by atoms with van der Waals surface area (Å²) in [5.74, 6) is -0.463. The molecular formula is C16H15FN2O. The molecule has 1 aliphatic heterocycles. The Morgan fingerprint density at radius 2 is 1.60 bits per heavy atom. The Hall–Kier alpha value is -2.20. The summed E-state index contributed by atoms with van der Waals surface area (Å²) in [5.41, 5.74) is 8.94. The number of amides is 1. The van der Waals surface area contributed by atoms with Gasteiger partial charge in [0.05, 0.1) is 0 Å². The molecular weight excluding hydrogens is 255 g/mol. The molecule has 0 saturated carbocycles. The van der Waals surface area contributed by atoms with Crippen LogP contribution < -0.4 is 5.73 Å². The van der Waals surface area contributed by atoms with E-state index < -0.39 is 6.04 Å². The lowest BCUT2D eigenvalue weighted by molar-refractivity contribution is -0.133. The molecule has 0 spiro atoms. The van der Waals surface area contributed by atoms with Gasteiger partial charge in [0.1, 0.15) is 11.9 Å². The maximum atomic E-state index is 12.9. The van der Waals surface area contributed by atoms with Gasteiger partial charge in [-0.3, -0.25) is 4.79 Å². The number of nitrogens with two attached hydrogens (primary N) is 1. The second-order valence-corrected chi connectivity index (χ2v) is 4.99. The lowest BCUT2D eigenvalue weighted by Crippen LogP contribution is -2.35. The van der Waals surface area contributed by atoms with Gasteiger partial charge in [-0.1, -0.05) is 36.4 Å². The standard InChI is InChI=1S/C16H15FN2O/c17-14-7-5-11(6-8-14)15(18)16(20)19-9-12-3-1-2-4-13(12)10-19/h1-8,15H,9-10,18H2. The number of hydrogen-bond donors (Lipinski definition) is 1. The largest absolute Gasteiger partial charge is 0.332 e. The van der Waals surface area contributed by atoms with Gasteiger partial charge >= 0.3 is 0 Å². The van der Waals surface area contributed by atoms with E-state index >= 15 is 0 Å². The van der Waals surface area contributed by atoms with E-state index in [9.17, 15) is 9.18 Å². The predicted molar refractivity (Wildman–Crippen MR) is 74.0 cm³/mol. The SMILES string of the molecule is NC(C(=O)N1Cc2ccccc2C1)c1ccc(F)cc1. The monoisotopic (exact) mass is 270 g/mol. The molecule has 3 nitrogen and oxygen atoms in total. The van der Waals surface area contributed by atoms with Crippen LogP contribution in [-0.4, -0.2) is 10.8 Å². The normalized spacial score (nSPS) is 15.0. The van der Waals surface area contributed by atoms with E-state index in [4.69, 9.17) is 5.73 Å². The van der Waals surface area contributed by atoms with Gasteiger partial charge in [0.15, 0.2) is 0 Å². The summed E-state index contributed by atoms with van der Waals surface area (Å²) in [4.78, 5) is 14.1. The lowest BCUT2D eigenvalue weighted by Gasteiger charge is -2.20. The third-order valence-corrected chi connectivity index (χ3v) is 3.65. The van der Waals surface area contributed by atoms with Crippen molar-refractivity contribution < 1.29 is 9.18 Å². The van der Waals surface area contributed by atoms with E-state index in [1.165, 1.54) is 12.1 Å². The van der Waals surface area contributed by atoms with Crippen LogP contribution in [0.4, 0.5) is 4.39 Å². The summed E-state index contributed by atoms with van der Waals surface area (Å²) in [6, 6.07) is 13.0. The summed E-state index contributed by atoms with van der Waals surface area (Å²) in [5, 5.41) is 0.